The molecule has 3 rings (SSSR count). The lowest BCUT2D eigenvalue weighted by molar-refractivity contribution is -0.119. The summed E-state index contributed by atoms with van der Waals surface area (Å²) in [6, 6.07) is 7.71. The van der Waals surface area contributed by atoms with Crippen LogP contribution in [0, 0.1) is 6.92 Å². The van der Waals surface area contributed by atoms with Crippen LogP contribution in [0.15, 0.2) is 24.3 Å². The maximum Gasteiger partial charge on any atom is 0.234 e. The van der Waals surface area contributed by atoms with Gasteiger partial charge in [-0.1, -0.05) is 37.0 Å². The van der Waals surface area contributed by atoms with Crippen LogP contribution in [-0.2, 0) is 14.3 Å². The summed E-state index contributed by atoms with van der Waals surface area (Å²) < 4.78 is 5.51. The van der Waals surface area contributed by atoms with Gasteiger partial charge in [-0.15, -0.1) is 11.8 Å². The Kier molecular flexibility index (Phi) is 8.39. The van der Waals surface area contributed by atoms with Crippen LogP contribution in [0.4, 0.5) is 5.69 Å². The van der Waals surface area contributed by atoms with E-state index in [2.05, 4.69) is 15.5 Å². The van der Waals surface area contributed by atoms with Crippen LogP contribution in [0.25, 0.3) is 0 Å². The molecule has 1 aliphatic carbocycles. The Morgan fingerprint density at radius 3 is 2.38 bits per heavy atom. The summed E-state index contributed by atoms with van der Waals surface area (Å²) in [6.07, 6.45) is 6.01. The van der Waals surface area contributed by atoms with E-state index in [-0.39, 0.29) is 23.1 Å². The van der Waals surface area contributed by atoms with E-state index in [4.69, 9.17) is 4.74 Å². The van der Waals surface area contributed by atoms with E-state index in [1.807, 2.05) is 31.2 Å². The summed E-state index contributed by atoms with van der Waals surface area (Å²) in [6.45, 7) is 6.16. The standard InChI is InChI=1S/C22H33N3O3S/c1-18-5-7-19(8-6-18)24-21(27)16-29-15-20(26)23-17-22(9-3-2-4-10-22)25-11-13-28-14-12-25/h5-8H,2-4,9-17H2,1H3,(H,23,26)(H,24,27). The van der Waals surface area contributed by atoms with Gasteiger partial charge in [0, 0.05) is 30.9 Å². The van der Waals surface area contributed by atoms with E-state index in [1.54, 1.807) is 0 Å². The Hall–Kier alpha value is -1.57. The molecule has 0 atom stereocenters. The molecule has 1 aromatic carbocycles. The molecule has 0 radical (unpaired) electrons. The maximum atomic E-state index is 12.4. The third-order valence-electron chi connectivity index (χ3n) is 5.88. The van der Waals surface area contributed by atoms with Gasteiger partial charge in [0.25, 0.3) is 0 Å². The first kappa shape index (κ1) is 22.1. The molecule has 0 spiro atoms. The molecule has 0 aromatic heterocycles. The Labute approximate surface area is 178 Å². The second-order valence-electron chi connectivity index (χ2n) is 8.07. The van der Waals surface area contributed by atoms with Gasteiger partial charge in [-0.3, -0.25) is 14.5 Å². The number of aryl methyl sites for hydroxylation is 1. The topological polar surface area (TPSA) is 70.7 Å². The van der Waals surface area contributed by atoms with E-state index in [0.29, 0.717) is 12.3 Å². The molecular weight excluding hydrogens is 386 g/mol. The number of carbonyl (C=O) groups is 2. The summed E-state index contributed by atoms with van der Waals surface area (Å²) >= 11 is 1.36. The molecule has 2 fully saturated rings. The molecule has 1 heterocycles. The molecule has 0 bridgehead atoms. The normalized spacial score (nSPS) is 19.5. The zero-order valence-corrected chi connectivity index (χ0v) is 18.2. The van der Waals surface area contributed by atoms with Gasteiger partial charge in [0.15, 0.2) is 0 Å². The molecule has 1 aromatic rings. The van der Waals surface area contributed by atoms with Crippen LogP contribution in [0.2, 0.25) is 0 Å². The highest BCUT2D eigenvalue weighted by molar-refractivity contribution is 8.00. The fraction of sp³-hybridized carbons (Fsp3) is 0.636. The van der Waals surface area contributed by atoms with Gasteiger partial charge in [-0.05, 0) is 31.9 Å². The lowest BCUT2D eigenvalue weighted by atomic mass is 9.79. The number of rotatable bonds is 8. The number of thioether (sulfide) groups is 1. The minimum Gasteiger partial charge on any atom is -0.379 e. The van der Waals surface area contributed by atoms with Crippen molar-refractivity contribution in [2.75, 3.05) is 49.7 Å². The zero-order valence-electron chi connectivity index (χ0n) is 17.4. The first-order valence-corrected chi connectivity index (χ1v) is 11.8. The SMILES string of the molecule is Cc1ccc(NC(=O)CSCC(=O)NCC2(N3CCOCC3)CCCCC2)cc1. The Morgan fingerprint density at radius 1 is 1.03 bits per heavy atom. The van der Waals surface area contributed by atoms with E-state index in [0.717, 1.165) is 50.4 Å². The van der Waals surface area contributed by atoms with Crippen molar-refractivity contribution < 1.29 is 14.3 Å². The molecule has 1 saturated heterocycles. The smallest absolute Gasteiger partial charge is 0.234 e. The van der Waals surface area contributed by atoms with Crippen LogP contribution in [0.1, 0.15) is 37.7 Å². The van der Waals surface area contributed by atoms with Gasteiger partial charge in [-0.25, -0.2) is 0 Å². The predicted octanol–water partition coefficient (Wildman–Crippen LogP) is 2.82. The summed E-state index contributed by atoms with van der Waals surface area (Å²) in [5, 5.41) is 6.01. The number of morpholine rings is 1. The Balaban J connectivity index is 1.40. The number of carbonyl (C=O) groups excluding carboxylic acids is 2. The van der Waals surface area contributed by atoms with E-state index < -0.39 is 0 Å². The summed E-state index contributed by atoms with van der Waals surface area (Å²) in [5.41, 5.74) is 2.02. The van der Waals surface area contributed by atoms with Gasteiger partial charge in [-0.2, -0.15) is 0 Å². The van der Waals surface area contributed by atoms with Crippen molar-refractivity contribution in [3.63, 3.8) is 0 Å². The highest BCUT2D eigenvalue weighted by atomic mass is 32.2. The number of ether oxygens (including phenoxy) is 1. The predicted molar refractivity (Wildman–Crippen MR) is 118 cm³/mol. The number of nitrogens with one attached hydrogen (secondary N) is 2. The van der Waals surface area contributed by atoms with Crippen molar-refractivity contribution in [3.05, 3.63) is 29.8 Å². The van der Waals surface area contributed by atoms with Crippen molar-refractivity contribution in [3.8, 4) is 0 Å². The van der Waals surface area contributed by atoms with Crippen molar-refractivity contribution >= 4 is 29.3 Å². The average molecular weight is 420 g/mol. The second-order valence-corrected chi connectivity index (χ2v) is 9.05. The highest BCUT2D eigenvalue weighted by Crippen LogP contribution is 2.33. The van der Waals surface area contributed by atoms with E-state index in [9.17, 15) is 9.59 Å². The second kappa shape index (κ2) is 11.0. The van der Waals surface area contributed by atoms with Crippen LogP contribution < -0.4 is 10.6 Å². The Bertz CT molecular complexity index is 668. The zero-order chi connectivity index (χ0) is 20.5. The van der Waals surface area contributed by atoms with Crippen LogP contribution in [0.5, 0.6) is 0 Å². The van der Waals surface area contributed by atoms with Gasteiger partial charge in [0.1, 0.15) is 0 Å². The monoisotopic (exact) mass is 419 g/mol. The quantitative estimate of drug-likeness (QED) is 0.678. The first-order chi connectivity index (χ1) is 14.1. The van der Waals surface area contributed by atoms with Gasteiger partial charge >= 0.3 is 0 Å². The lowest BCUT2D eigenvalue weighted by Crippen LogP contribution is -2.59. The summed E-state index contributed by atoms with van der Waals surface area (Å²) in [4.78, 5) is 27.0. The van der Waals surface area contributed by atoms with Crippen molar-refractivity contribution in [1.29, 1.82) is 0 Å². The molecule has 2 N–H and O–H groups in total. The van der Waals surface area contributed by atoms with Crippen LogP contribution in [0.3, 0.4) is 0 Å². The van der Waals surface area contributed by atoms with E-state index >= 15 is 0 Å². The molecule has 7 heteroatoms. The summed E-state index contributed by atoms with van der Waals surface area (Å²) in [7, 11) is 0. The molecule has 0 unspecified atom stereocenters. The van der Waals surface area contributed by atoms with Crippen molar-refractivity contribution in [2.24, 2.45) is 0 Å². The number of hydrogen-bond donors (Lipinski definition) is 2. The molecule has 2 amide bonds. The van der Waals surface area contributed by atoms with Gasteiger partial charge < -0.3 is 15.4 Å². The minimum atomic E-state index is -0.0799. The molecule has 6 nitrogen and oxygen atoms in total. The minimum absolute atomic E-state index is 0.0105. The average Bonchev–Trinajstić information content (AvgIpc) is 2.75. The van der Waals surface area contributed by atoms with Crippen molar-refractivity contribution in [2.45, 2.75) is 44.6 Å². The fourth-order valence-electron chi connectivity index (χ4n) is 4.24. The highest BCUT2D eigenvalue weighted by Gasteiger charge is 2.38. The Morgan fingerprint density at radius 2 is 1.69 bits per heavy atom. The molecule has 160 valence electrons. The largest absolute Gasteiger partial charge is 0.379 e. The van der Waals surface area contributed by atoms with E-state index in [1.165, 1.54) is 31.0 Å². The number of hydrogen-bond acceptors (Lipinski definition) is 5. The summed E-state index contributed by atoms with van der Waals surface area (Å²) in [5.74, 6) is 0.510. The third kappa shape index (κ3) is 6.73. The molecule has 2 aliphatic rings. The number of anilines is 1. The van der Waals surface area contributed by atoms with Crippen LogP contribution >= 0.6 is 11.8 Å². The number of benzene rings is 1. The fourth-order valence-corrected chi connectivity index (χ4v) is 4.88. The number of nitrogens with zero attached hydrogens (tertiary/aromatic N) is 1. The number of amides is 2. The van der Waals surface area contributed by atoms with Crippen molar-refractivity contribution in [1.82, 2.24) is 10.2 Å². The molecule has 29 heavy (non-hydrogen) atoms. The van der Waals surface area contributed by atoms with Crippen LogP contribution in [-0.4, -0.2) is 66.6 Å². The lowest BCUT2D eigenvalue weighted by Gasteiger charge is -2.48. The van der Waals surface area contributed by atoms with Gasteiger partial charge in [0.05, 0.1) is 24.7 Å². The van der Waals surface area contributed by atoms with Gasteiger partial charge in [0.2, 0.25) is 11.8 Å². The molecule has 1 aliphatic heterocycles. The third-order valence-corrected chi connectivity index (χ3v) is 6.82. The molecular formula is C22H33N3O3S. The molecule has 1 saturated carbocycles. The first-order valence-electron chi connectivity index (χ1n) is 10.6. The maximum absolute atomic E-state index is 12.4.